The molecule has 2 aromatic rings. The molecule has 0 aliphatic carbocycles. The van der Waals surface area contributed by atoms with Crippen LogP contribution in [-0.2, 0) is 21.2 Å². The zero-order valence-electron chi connectivity index (χ0n) is 16.2. The summed E-state index contributed by atoms with van der Waals surface area (Å²) < 4.78 is 25.8. The summed E-state index contributed by atoms with van der Waals surface area (Å²) in [5.74, 6) is -0.0552. The highest BCUT2D eigenvalue weighted by Gasteiger charge is 2.19. The van der Waals surface area contributed by atoms with Crippen molar-refractivity contribution in [2.75, 3.05) is 23.7 Å². The van der Waals surface area contributed by atoms with Gasteiger partial charge in [0.2, 0.25) is 15.9 Å². The first kappa shape index (κ1) is 21.0. The number of hydrogen-bond donors (Lipinski definition) is 1. The Balaban J connectivity index is 1.86. The van der Waals surface area contributed by atoms with Gasteiger partial charge in [0.25, 0.3) is 0 Å². The van der Waals surface area contributed by atoms with Gasteiger partial charge < -0.3 is 5.32 Å². The van der Waals surface area contributed by atoms with Crippen molar-refractivity contribution >= 4 is 21.6 Å². The lowest BCUT2D eigenvalue weighted by Gasteiger charge is -2.24. The summed E-state index contributed by atoms with van der Waals surface area (Å²) in [6, 6.07) is 15.6. The molecule has 0 saturated heterocycles. The summed E-state index contributed by atoms with van der Waals surface area (Å²) in [6.45, 7) is 4.74. The maximum Gasteiger partial charge on any atom is 0.232 e. The van der Waals surface area contributed by atoms with Gasteiger partial charge in [0.05, 0.1) is 11.9 Å². The van der Waals surface area contributed by atoms with Gasteiger partial charge in [-0.2, -0.15) is 0 Å². The molecule has 0 unspecified atom stereocenters. The van der Waals surface area contributed by atoms with E-state index in [1.165, 1.54) is 16.1 Å². The van der Waals surface area contributed by atoms with Crippen LogP contribution in [0.4, 0.5) is 5.69 Å². The van der Waals surface area contributed by atoms with Gasteiger partial charge in [0, 0.05) is 19.5 Å². The smallest absolute Gasteiger partial charge is 0.232 e. The van der Waals surface area contributed by atoms with Crippen molar-refractivity contribution in [3.63, 3.8) is 0 Å². The Kier molecular flexibility index (Phi) is 7.42. The van der Waals surface area contributed by atoms with Crippen LogP contribution in [0.5, 0.6) is 0 Å². The molecule has 0 bridgehead atoms. The molecule has 0 radical (unpaired) electrons. The van der Waals surface area contributed by atoms with Crippen LogP contribution in [-0.4, -0.2) is 33.7 Å². The Labute approximate surface area is 162 Å². The van der Waals surface area contributed by atoms with Crippen LogP contribution in [0, 0.1) is 13.8 Å². The number of nitrogens with one attached hydrogen (secondary N) is 1. The first-order chi connectivity index (χ1) is 12.8. The van der Waals surface area contributed by atoms with Crippen molar-refractivity contribution in [1.29, 1.82) is 0 Å². The Morgan fingerprint density at radius 3 is 2.41 bits per heavy atom. The predicted molar refractivity (Wildman–Crippen MR) is 110 cm³/mol. The van der Waals surface area contributed by atoms with E-state index in [4.69, 9.17) is 0 Å². The minimum Gasteiger partial charge on any atom is -0.356 e. The molecule has 0 aliphatic rings. The maximum absolute atomic E-state index is 12.2. The fourth-order valence-corrected chi connectivity index (χ4v) is 3.95. The molecule has 1 amide bonds. The van der Waals surface area contributed by atoms with Crippen LogP contribution < -0.4 is 9.62 Å². The van der Waals surface area contributed by atoms with Crippen LogP contribution in [0.15, 0.2) is 48.5 Å². The number of carbonyl (C=O) groups excluding carboxylic acids is 1. The van der Waals surface area contributed by atoms with Gasteiger partial charge in [-0.15, -0.1) is 0 Å². The molecule has 5 nitrogen and oxygen atoms in total. The predicted octanol–water partition coefficient (Wildman–Crippen LogP) is 3.21. The second kappa shape index (κ2) is 9.55. The molecular formula is C21H28N2O3S. The Hall–Kier alpha value is -2.34. The lowest BCUT2D eigenvalue weighted by atomic mass is 10.1. The minimum absolute atomic E-state index is 0.0552. The fraction of sp³-hybridized carbons (Fsp3) is 0.381. The van der Waals surface area contributed by atoms with E-state index in [1.807, 2.05) is 62.4 Å². The minimum atomic E-state index is -3.41. The lowest BCUT2D eigenvalue weighted by Crippen LogP contribution is -2.33. The van der Waals surface area contributed by atoms with E-state index in [2.05, 4.69) is 5.32 Å². The molecule has 27 heavy (non-hydrogen) atoms. The number of benzene rings is 2. The summed E-state index contributed by atoms with van der Waals surface area (Å²) in [7, 11) is -3.41. The molecule has 0 fully saturated rings. The van der Waals surface area contributed by atoms with Gasteiger partial charge in [-0.05, 0) is 49.4 Å². The van der Waals surface area contributed by atoms with Gasteiger partial charge in [0.15, 0.2) is 0 Å². The molecular weight excluding hydrogens is 360 g/mol. The molecule has 1 N–H and O–H groups in total. The number of amides is 1. The summed E-state index contributed by atoms with van der Waals surface area (Å²) >= 11 is 0. The van der Waals surface area contributed by atoms with Crippen molar-refractivity contribution in [3.8, 4) is 0 Å². The average molecular weight is 389 g/mol. The zero-order valence-corrected chi connectivity index (χ0v) is 17.1. The van der Waals surface area contributed by atoms with Crippen molar-refractivity contribution in [2.45, 2.75) is 33.1 Å². The second-order valence-corrected chi connectivity index (χ2v) is 8.65. The van der Waals surface area contributed by atoms with Crippen LogP contribution in [0.2, 0.25) is 0 Å². The molecule has 0 aromatic heterocycles. The van der Waals surface area contributed by atoms with E-state index >= 15 is 0 Å². The first-order valence-corrected chi connectivity index (χ1v) is 11.0. The molecule has 6 heteroatoms. The highest BCUT2D eigenvalue weighted by atomic mass is 32.2. The van der Waals surface area contributed by atoms with E-state index in [-0.39, 0.29) is 12.5 Å². The Morgan fingerprint density at radius 1 is 1.04 bits per heavy atom. The fourth-order valence-electron chi connectivity index (χ4n) is 2.93. The Bertz CT molecular complexity index is 864. The number of hydrogen-bond acceptors (Lipinski definition) is 3. The normalized spacial score (nSPS) is 11.2. The van der Waals surface area contributed by atoms with Crippen LogP contribution in [0.25, 0.3) is 0 Å². The highest BCUT2D eigenvalue weighted by Crippen LogP contribution is 2.25. The molecule has 2 aromatic carbocycles. The van der Waals surface area contributed by atoms with Crippen LogP contribution in [0.3, 0.4) is 0 Å². The van der Waals surface area contributed by atoms with Gasteiger partial charge in [0.1, 0.15) is 0 Å². The third kappa shape index (κ3) is 6.40. The molecule has 0 atom stereocenters. The van der Waals surface area contributed by atoms with Crippen LogP contribution >= 0.6 is 0 Å². The molecule has 0 spiro atoms. The van der Waals surface area contributed by atoms with E-state index in [1.54, 1.807) is 0 Å². The number of carbonyl (C=O) groups is 1. The van der Waals surface area contributed by atoms with E-state index in [0.29, 0.717) is 25.1 Å². The SMILES string of the molecule is Cc1cccc(N(CCCC(=O)NCCc2ccccc2)S(C)(=O)=O)c1C. The van der Waals surface area contributed by atoms with E-state index in [0.717, 1.165) is 17.5 Å². The molecule has 0 saturated carbocycles. The molecule has 0 heterocycles. The van der Waals surface area contributed by atoms with Gasteiger partial charge in [-0.1, -0.05) is 42.5 Å². The molecule has 146 valence electrons. The monoisotopic (exact) mass is 388 g/mol. The number of sulfonamides is 1. The van der Waals surface area contributed by atoms with E-state index < -0.39 is 10.0 Å². The second-order valence-electron chi connectivity index (χ2n) is 6.74. The van der Waals surface area contributed by atoms with Crippen molar-refractivity contribution in [3.05, 3.63) is 65.2 Å². The standard InChI is InChI=1S/C21H28N2O3S/c1-17-9-7-12-20(18(17)2)23(27(3,25)26)16-8-13-21(24)22-15-14-19-10-5-4-6-11-19/h4-7,9-12H,8,13-16H2,1-3H3,(H,22,24). The van der Waals surface area contributed by atoms with Gasteiger partial charge >= 0.3 is 0 Å². The first-order valence-electron chi connectivity index (χ1n) is 9.13. The summed E-state index contributed by atoms with van der Waals surface area (Å²) in [5.41, 5.74) is 3.84. The van der Waals surface area contributed by atoms with E-state index in [9.17, 15) is 13.2 Å². The lowest BCUT2D eigenvalue weighted by molar-refractivity contribution is -0.121. The summed E-state index contributed by atoms with van der Waals surface area (Å²) in [5, 5.41) is 2.90. The quantitative estimate of drug-likeness (QED) is 0.717. The van der Waals surface area contributed by atoms with Crippen molar-refractivity contribution < 1.29 is 13.2 Å². The van der Waals surface area contributed by atoms with Gasteiger partial charge in [-0.25, -0.2) is 8.42 Å². The molecule has 2 rings (SSSR count). The third-order valence-corrected chi connectivity index (χ3v) is 5.77. The maximum atomic E-state index is 12.2. The van der Waals surface area contributed by atoms with Crippen molar-refractivity contribution in [2.24, 2.45) is 0 Å². The van der Waals surface area contributed by atoms with Crippen LogP contribution in [0.1, 0.15) is 29.5 Å². The number of aryl methyl sites for hydroxylation is 1. The number of rotatable bonds is 9. The number of anilines is 1. The number of nitrogens with zero attached hydrogens (tertiary/aromatic N) is 1. The zero-order chi connectivity index (χ0) is 19.9. The van der Waals surface area contributed by atoms with Crippen molar-refractivity contribution in [1.82, 2.24) is 5.32 Å². The van der Waals surface area contributed by atoms with Gasteiger partial charge in [-0.3, -0.25) is 9.10 Å². The third-order valence-electron chi connectivity index (χ3n) is 4.59. The summed E-state index contributed by atoms with van der Waals surface area (Å²) in [6.07, 6.45) is 2.75. The highest BCUT2D eigenvalue weighted by molar-refractivity contribution is 7.92. The molecule has 0 aliphatic heterocycles. The Morgan fingerprint density at radius 2 is 1.74 bits per heavy atom. The topological polar surface area (TPSA) is 66.5 Å². The summed E-state index contributed by atoms with van der Waals surface area (Å²) in [4.78, 5) is 12.0. The largest absolute Gasteiger partial charge is 0.356 e. The average Bonchev–Trinajstić information content (AvgIpc) is 2.61.